The van der Waals surface area contributed by atoms with E-state index in [-0.39, 0.29) is 23.7 Å². The van der Waals surface area contributed by atoms with Crippen LogP contribution in [0.2, 0.25) is 0 Å². The summed E-state index contributed by atoms with van der Waals surface area (Å²) in [6.45, 7) is 10.7. The van der Waals surface area contributed by atoms with E-state index in [9.17, 15) is 4.79 Å². The molecular weight excluding hydrogens is 320 g/mol. The normalized spacial score (nSPS) is 21.7. The standard InChI is InChI=1S/C19H30N2O4/c1-13-10-21(11-14(2)25-13)19(3,4)12-20-18(22)15-8-7-9-16(23-5)17(15)24-6/h7-9,13-14H,10-12H2,1-6H3,(H,20,22)/t13-,14+. The number of carbonyl (C=O) groups excluding carboxylic acids is 1. The Morgan fingerprint density at radius 1 is 1.24 bits per heavy atom. The second-order valence-electron chi connectivity index (χ2n) is 7.20. The summed E-state index contributed by atoms with van der Waals surface area (Å²) in [5.41, 5.74) is 0.301. The summed E-state index contributed by atoms with van der Waals surface area (Å²) in [5.74, 6) is 0.831. The largest absolute Gasteiger partial charge is 0.493 e. The minimum absolute atomic E-state index is 0.168. The lowest BCUT2D eigenvalue weighted by Gasteiger charge is -2.45. The summed E-state index contributed by atoms with van der Waals surface area (Å²) in [5, 5.41) is 3.04. The van der Waals surface area contributed by atoms with Crippen molar-refractivity contribution < 1.29 is 19.0 Å². The molecule has 0 unspecified atom stereocenters. The fourth-order valence-corrected chi connectivity index (χ4v) is 3.24. The zero-order chi connectivity index (χ0) is 18.6. The number of benzene rings is 1. The third-order valence-corrected chi connectivity index (χ3v) is 4.60. The van der Waals surface area contributed by atoms with Gasteiger partial charge in [-0.1, -0.05) is 6.07 Å². The Balaban J connectivity index is 2.06. The van der Waals surface area contributed by atoms with Gasteiger partial charge < -0.3 is 19.5 Å². The highest BCUT2D eigenvalue weighted by Gasteiger charge is 2.33. The first-order chi connectivity index (χ1) is 11.8. The molecule has 6 nitrogen and oxygen atoms in total. The number of methoxy groups -OCH3 is 2. The van der Waals surface area contributed by atoms with Crippen LogP contribution < -0.4 is 14.8 Å². The van der Waals surface area contributed by atoms with Crippen LogP contribution in [0.1, 0.15) is 38.1 Å². The van der Waals surface area contributed by atoms with Gasteiger partial charge in [-0.15, -0.1) is 0 Å². The van der Waals surface area contributed by atoms with E-state index < -0.39 is 0 Å². The summed E-state index contributed by atoms with van der Waals surface area (Å²) >= 11 is 0. The highest BCUT2D eigenvalue weighted by Crippen LogP contribution is 2.30. The fourth-order valence-electron chi connectivity index (χ4n) is 3.24. The van der Waals surface area contributed by atoms with Gasteiger partial charge in [0.1, 0.15) is 0 Å². The van der Waals surface area contributed by atoms with E-state index in [2.05, 4.69) is 37.9 Å². The van der Waals surface area contributed by atoms with Crippen LogP contribution in [-0.4, -0.2) is 62.4 Å². The van der Waals surface area contributed by atoms with Crippen LogP contribution in [0.3, 0.4) is 0 Å². The molecule has 0 saturated carbocycles. The lowest BCUT2D eigenvalue weighted by atomic mass is 9.99. The molecule has 0 aliphatic carbocycles. The number of hydrogen-bond acceptors (Lipinski definition) is 5. The predicted octanol–water partition coefficient (Wildman–Crippen LogP) is 2.32. The average molecular weight is 350 g/mol. The highest BCUT2D eigenvalue weighted by atomic mass is 16.5. The van der Waals surface area contributed by atoms with Crippen molar-refractivity contribution in [2.45, 2.75) is 45.4 Å². The molecule has 1 aromatic carbocycles. The number of nitrogens with zero attached hydrogens (tertiary/aromatic N) is 1. The molecule has 0 aromatic heterocycles. The Morgan fingerprint density at radius 2 is 1.88 bits per heavy atom. The van der Waals surface area contributed by atoms with Gasteiger partial charge in [0.15, 0.2) is 11.5 Å². The van der Waals surface area contributed by atoms with E-state index in [1.165, 1.54) is 7.11 Å². The molecule has 0 spiro atoms. The van der Waals surface area contributed by atoms with Crippen molar-refractivity contribution in [1.82, 2.24) is 10.2 Å². The van der Waals surface area contributed by atoms with Crippen LogP contribution in [0, 0.1) is 0 Å². The van der Waals surface area contributed by atoms with E-state index in [1.807, 2.05) is 0 Å². The molecule has 1 amide bonds. The Labute approximate surface area is 150 Å². The first kappa shape index (κ1) is 19.5. The SMILES string of the molecule is COc1cccc(C(=O)NCC(C)(C)N2C[C@@H](C)O[C@@H](C)C2)c1OC. The molecule has 6 heteroatoms. The minimum Gasteiger partial charge on any atom is -0.493 e. The van der Waals surface area contributed by atoms with Crippen molar-refractivity contribution in [3.8, 4) is 11.5 Å². The van der Waals surface area contributed by atoms with Gasteiger partial charge in [-0.3, -0.25) is 9.69 Å². The van der Waals surface area contributed by atoms with E-state index in [0.29, 0.717) is 23.6 Å². The molecule has 1 heterocycles. The summed E-state index contributed by atoms with van der Waals surface area (Å²) in [4.78, 5) is 15.0. The van der Waals surface area contributed by atoms with Crippen LogP contribution in [0.15, 0.2) is 18.2 Å². The van der Waals surface area contributed by atoms with Gasteiger partial charge >= 0.3 is 0 Å². The van der Waals surface area contributed by atoms with Gasteiger partial charge in [-0.05, 0) is 39.8 Å². The van der Waals surface area contributed by atoms with Crippen molar-refractivity contribution in [3.63, 3.8) is 0 Å². The molecule has 25 heavy (non-hydrogen) atoms. The number of morpholine rings is 1. The third kappa shape index (κ3) is 4.64. The van der Waals surface area contributed by atoms with Crippen molar-refractivity contribution in [1.29, 1.82) is 0 Å². The van der Waals surface area contributed by atoms with Gasteiger partial charge in [0.05, 0.1) is 32.0 Å². The van der Waals surface area contributed by atoms with E-state index in [0.717, 1.165) is 13.1 Å². The lowest BCUT2D eigenvalue weighted by molar-refractivity contribution is -0.0948. The lowest BCUT2D eigenvalue weighted by Crippen LogP contribution is -2.58. The number of hydrogen-bond donors (Lipinski definition) is 1. The number of carbonyl (C=O) groups is 1. The minimum atomic E-state index is -0.173. The summed E-state index contributed by atoms with van der Waals surface area (Å²) in [6.07, 6.45) is 0.384. The van der Waals surface area contributed by atoms with Crippen molar-refractivity contribution in [2.24, 2.45) is 0 Å². The number of amides is 1. The molecule has 0 bridgehead atoms. The number of rotatable bonds is 6. The summed E-state index contributed by atoms with van der Waals surface area (Å²) in [6, 6.07) is 5.30. The predicted molar refractivity (Wildman–Crippen MR) is 97.5 cm³/mol. The Morgan fingerprint density at radius 3 is 2.44 bits per heavy atom. The number of nitrogens with one attached hydrogen (secondary N) is 1. The van der Waals surface area contributed by atoms with Crippen LogP contribution >= 0.6 is 0 Å². The zero-order valence-electron chi connectivity index (χ0n) is 16.1. The molecule has 140 valence electrons. The van der Waals surface area contributed by atoms with Crippen LogP contribution in [0.25, 0.3) is 0 Å². The smallest absolute Gasteiger partial charge is 0.255 e. The quantitative estimate of drug-likeness (QED) is 0.853. The number of para-hydroxylation sites is 1. The molecule has 1 aromatic rings. The van der Waals surface area contributed by atoms with E-state index in [1.54, 1.807) is 25.3 Å². The highest BCUT2D eigenvalue weighted by molar-refractivity contribution is 5.97. The average Bonchev–Trinajstić information content (AvgIpc) is 2.58. The Bertz CT molecular complexity index is 593. The molecule has 2 atom stereocenters. The van der Waals surface area contributed by atoms with Gasteiger partial charge in [-0.25, -0.2) is 0 Å². The Kier molecular flexibility index (Phi) is 6.30. The number of ether oxygens (including phenoxy) is 3. The van der Waals surface area contributed by atoms with Gasteiger partial charge in [-0.2, -0.15) is 0 Å². The molecule has 1 fully saturated rings. The molecule has 1 aliphatic heterocycles. The van der Waals surface area contributed by atoms with Crippen LogP contribution in [-0.2, 0) is 4.74 Å². The topological polar surface area (TPSA) is 60.0 Å². The Hall–Kier alpha value is -1.79. The first-order valence-corrected chi connectivity index (χ1v) is 8.68. The molecule has 1 saturated heterocycles. The van der Waals surface area contributed by atoms with Crippen LogP contribution in [0.5, 0.6) is 11.5 Å². The maximum Gasteiger partial charge on any atom is 0.255 e. The van der Waals surface area contributed by atoms with Gasteiger partial charge in [0.2, 0.25) is 0 Å². The zero-order valence-corrected chi connectivity index (χ0v) is 16.1. The monoisotopic (exact) mass is 350 g/mol. The molecular formula is C19H30N2O4. The second kappa shape index (κ2) is 8.06. The fraction of sp³-hybridized carbons (Fsp3) is 0.632. The van der Waals surface area contributed by atoms with Crippen molar-refractivity contribution in [2.75, 3.05) is 33.9 Å². The first-order valence-electron chi connectivity index (χ1n) is 8.68. The second-order valence-corrected chi connectivity index (χ2v) is 7.20. The molecule has 0 radical (unpaired) electrons. The van der Waals surface area contributed by atoms with E-state index in [4.69, 9.17) is 14.2 Å². The maximum atomic E-state index is 12.7. The summed E-state index contributed by atoms with van der Waals surface area (Å²) < 4.78 is 16.4. The maximum absolute atomic E-state index is 12.7. The third-order valence-electron chi connectivity index (χ3n) is 4.60. The summed E-state index contributed by atoms with van der Waals surface area (Å²) in [7, 11) is 3.10. The van der Waals surface area contributed by atoms with Gasteiger partial charge in [0, 0.05) is 25.2 Å². The molecule has 1 N–H and O–H groups in total. The van der Waals surface area contributed by atoms with Crippen molar-refractivity contribution in [3.05, 3.63) is 23.8 Å². The van der Waals surface area contributed by atoms with Crippen molar-refractivity contribution >= 4 is 5.91 Å². The van der Waals surface area contributed by atoms with Gasteiger partial charge in [0.25, 0.3) is 5.91 Å². The van der Waals surface area contributed by atoms with Crippen LogP contribution in [0.4, 0.5) is 0 Å². The molecule has 2 rings (SSSR count). The van der Waals surface area contributed by atoms with E-state index >= 15 is 0 Å². The molecule has 1 aliphatic rings.